The van der Waals surface area contributed by atoms with E-state index in [0.717, 1.165) is 11.8 Å². The van der Waals surface area contributed by atoms with Gasteiger partial charge in [0.25, 0.3) is 0 Å². The lowest BCUT2D eigenvalue weighted by Crippen LogP contribution is -2.33. The maximum Gasteiger partial charge on any atom is 0.0109 e. The highest BCUT2D eigenvalue weighted by Crippen LogP contribution is 2.21. The smallest absolute Gasteiger partial charge is 0.0109 e. The number of hydrogen-bond acceptors (Lipinski definition) is 1. The Morgan fingerprint density at radius 2 is 2.00 bits per heavy atom. The summed E-state index contributed by atoms with van der Waals surface area (Å²) in [6.07, 6.45) is 1.32. The summed E-state index contributed by atoms with van der Waals surface area (Å²) in [5.74, 6) is 1.75. The second kappa shape index (κ2) is 2.70. The second-order valence-electron chi connectivity index (χ2n) is 3.32. The molecule has 53 valence electrons. The summed E-state index contributed by atoms with van der Waals surface area (Å²) >= 11 is 0. The first-order valence-corrected chi connectivity index (χ1v) is 3.75. The molecule has 0 aromatic rings. The average Bonchev–Trinajstić information content (AvgIpc) is 1.80. The minimum absolute atomic E-state index is 0.844. The fraction of sp³-hybridized carbons (Fsp3) is 0.875. The quantitative estimate of drug-likeness (QED) is 0.478. The monoisotopic (exact) mass is 126 g/mol. The zero-order valence-electron chi connectivity index (χ0n) is 6.43. The van der Waals surface area contributed by atoms with Crippen LogP contribution in [0.3, 0.4) is 0 Å². The topological polar surface area (TPSA) is 3.24 Å². The number of piperidine rings is 1. The number of nitrogens with zero attached hydrogens (tertiary/aromatic N) is 1. The summed E-state index contributed by atoms with van der Waals surface area (Å²) in [5, 5.41) is 0. The Labute approximate surface area is 58.0 Å². The molecule has 0 bridgehead atoms. The van der Waals surface area contributed by atoms with Crippen molar-refractivity contribution in [3.63, 3.8) is 0 Å². The van der Waals surface area contributed by atoms with Crippen LogP contribution in [0, 0.1) is 18.9 Å². The highest BCUT2D eigenvalue weighted by atomic mass is 15.1. The highest BCUT2D eigenvalue weighted by Gasteiger charge is 2.19. The van der Waals surface area contributed by atoms with Crippen molar-refractivity contribution >= 4 is 0 Å². The van der Waals surface area contributed by atoms with E-state index >= 15 is 0 Å². The molecule has 2 unspecified atom stereocenters. The Bertz CT molecular complexity index is 90.6. The van der Waals surface area contributed by atoms with Gasteiger partial charge >= 0.3 is 0 Å². The van der Waals surface area contributed by atoms with Gasteiger partial charge in [-0.25, -0.2) is 0 Å². The lowest BCUT2D eigenvalue weighted by atomic mass is 9.89. The van der Waals surface area contributed by atoms with Gasteiger partial charge in [0.1, 0.15) is 0 Å². The van der Waals surface area contributed by atoms with Crippen molar-refractivity contribution in [3.8, 4) is 0 Å². The third kappa shape index (κ3) is 1.68. The van der Waals surface area contributed by atoms with Crippen LogP contribution in [-0.2, 0) is 0 Å². The Hall–Kier alpha value is -0.0400. The van der Waals surface area contributed by atoms with E-state index < -0.39 is 0 Å². The minimum Gasteiger partial charge on any atom is -0.302 e. The van der Waals surface area contributed by atoms with Gasteiger partial charge in [-0.05, 0) is 24.8 Å². The van der Waals surface area contributed by atoms with E-state index in [-0.39, 0.29) is 0 Å². The molecule has 1 aliphatic rings. The molecule has 0 spiro atoms. The Morgan fingerprint density at radius 3 is 2.44 bits per heavy atom. The molecular formula is C8H16N. The van der Waals surface area contributed by atoms with Gasteiger partial charge < -0.3 is 4.90 Å². The van der Waals surface area contributed by atoms with Crippen LogP contribution >= 0.6 is 0 Å². The fourth-order valence-corrected chi connectivity index (χ4v) is 1.35. The summed E-state index contributed by atoms with van der Waals surface area (Å²) in [4.78, 5) is 2.17. The summed E-state index contributed by atoms with van der Waals surface area (Å²) in [7, 11) is 3.92. The molecule has 9 heavy (non-hydrogen) atoms. The van der Waals surface area contributed by atoms with Crippen LogP contribution in [-0.4, -0.2) is 18.0 Å². The van der Waals surface area contributed by atoms with Gasteiger partial charge in [0.05, 0.1) is 0 Å². The lowest BCUT2D eigenvalue weighted by molar-refractivity contribution is 0.183. The Morgan fingerprint density at radius 1 is 1.33 bits per heavy atom. The van der Waals surface area contributed by atoms with Gasteiger partial charge in [-0.3, -0.25) is 0 Å². The van der Waals surface area contributed by atoms with Crippen LogP contribution in [0.25, 0.3) is 0 Å². The molecule has 1 saturated heterocycles. The number of rotatable bonds is 0. The second-order valence-corrected chi connectivity index (χ2v) is 3.32. The van der Waals surface area contributed by atoms with Crippen LogP contribution < -0.4 is 0 Å². The molecule has 0 N–H and O–H groups in total. The van der Waals surface area contributed by atoms with Crippen molar-refractivity contribution in [1.82, 2.24) is 4.90 Å². The molecule has 1 radical (unpaired) electrons. The van der Waals surface area contributed by atoms with Gasteiger partial charge in [0.15, 0.2) is 0 Å². The molecule has 1 heteroatoms. The normalized spacial score (nSPS) is 39.0. The van der Waals surface area contributed by atoms with Crippen molar-refractivity contribution in [1.29, 1.82) is 0 Å². The molecule has 1 nitrogen and oxygen atoms in total. The zero-order valence-corrected chi connectivity index (χ0v) is 6.43. The van der Waals surface area contributed by atoms with E-state index in [9.17, 15) is 0 Å². The van der Waals surface area contributed by atoms with Gasteiger partial charge in [0, 0.05) is 13.6 Å². The van der Waals surface area contributed by atoms with Gasteiger partial charge in [-0.2, -0.15) is 0 Å². The largest absolute Gasteiger partial charge is 0.302 e. The molecule has 0 aromatic heterocycles. The van der Waals surface area contributed by atoms with E-state index in [1.807, 2.05) is 0 Å². The maximum atomic E-state index is 3.92. The third-order valence-electron chi connectivity index (χ3n) is 2.42. The van der Waals surface area contributed by atoms with Crippen molar-refractivity contribution in [2.75, 3.05) is 13.1 Å². The van der Waals surface area contributed by atoms with Crippen LogP contribution in [0.5, 0.6) is 0 Å². The van der Waals surface area contributed by atoms with Crippen LogP contribution in [0.2, 0.25) is 0 Å². The third-order valence-corrected chi connectivity index (χ3v) is 2.42. The van der Waals surface area contributed by atoms with Gasteiger partial charge in [-0.15, -0.1) is 0 Å². The van der Waals surface area contributed by atoms with Crippen LogP contribution in [0.4, 0.5) is 0 Å². The predicted octanol–water partition coefficient (Wildman–Crippen LogP) is 1.76. The van der Waals surface area contributed by atoms with E-state index in [1.165, 1.54) is 19.5 Å². The molecule has 0 amide bonds. The van der Waals surface area contributed by atoms with E-state index in [4.69, 9.17) is 0 Å². The molecule has 1 fully saturated rings. The van der Waals surface area contributed by atoms with E-state index in [2.05, 4.69) is 25.8 Å². The van der Waals surface area contributed by atoms with E-state index in [1.54, 1.807) is 0 Å². The predicted molar refractivity (Wildman–Crippen MR) is 39.9 cm³/mol. The van der Waals surface area contributed by atoms with E-state index in [0.29, 0.717) is 0 Å². The van der Waals surface area contributed by atoms with Crippen LogP contribution in [0.1, 0.15) is 20.3 Å². The minimum atomic E-state index is 0.844. The maximum absolute atomic E-state index is 3.92. The first-order chi connectivity index (χ1) is 4.20. The van der Waals surface area contributed by atoms with Gasteiger partial charge in [-0.1, -0.05) is 13.8 Å². The SMILES string of the molecule is [CH2]N1CCC(C)C(C)C1. The number of likely N-dealkylation sites (tertiary alicyclic amines) is 1. The van der Waals surface area contributed by atoms with Crippen molar-refractivity contribution < 1.29 is 0 Å². The summed E-state index contributed by atoms with van der Waals surface area (Å²) in [6, 6.07) is 0. The molecule has 2 atom stereocenters. The molecule has 1 aliphatic heterocycles. The van der Waals surface area contributed by atoms with Crippen molar-refractivity contribution in [2.45, 2.75) is 20.3 Å². The number of hydrogen-bond donors (Lipinski definition) is 0. The Balaban J connectivity index is 2.35. The fourth-order valence-electron chi connectivity index (χ4n) is 1.35. The average molecular weight is 126 g/mol. The molecule has 0 aromatic carbocycles. The van der Waals surface area contributed by atoms with Crippen molar-refractivity contribution in [2.24, 2.45) is 11.8 Å². The molecule has 0 aliphatic carbocycles. The van der Waals surface area contributed by atoms with Gasteiger partial charge in [0.2, 0.25) is 0 Å². The standard InChI is InChI=1S/C8H16N/c1-7-4-5-9(3)6-8(7)2/h7-8H,3-6H2,1-2H3. The van der Waals surface area contributed by atoms with Crippen LogP contribution in [0.15, 0.2) is 0 Å². The lowest BCUT2D eigenvalue weighted by Gasteiger charge is -2.32. The molecule has 1 heterocycles. The molecule has 0 saturated carbocycles. The molecular weight excluding hydrogens is 110 g/mol. The summed E-state index contributed by atoms with van der Waals surface area (Å²) in [5.41, 5.74) is 0. The first kappa shape index (κ1) is 7.07. The molecule has 1 rings (SSSR count). The highest BCUT2D eigenvalue weighted by molar-refractivity contribution is 4.73. The summed E-state index contributed by atoms with van der Waals surface area (Å²) < 4.78 is 0. The first-order valence-electron chi connectivity index (χ1n) is 3.75. The summed E-state index contributed by atoms with van der Waals surface area (Å²) in [6.45, 7) is 7.01. The zero-order chi connectivity index (χ0) is 6.85. The Kier molecular flexibility index (Phi) is 2.12. The van der Waals surface area contributed by atoms with Crippen molar-refractivity contribution in [3.05, 3.63) is 7.05 Å².